The highest BCUT2D eigenvalue weighted by atomic mass is 79.9. The number of aromatic nitrogens is 3. The first-order chi connectivity index (χ1) is 13.2. The molecule has 0 aliphatic carbocycles. The minimum absolute atomic E-state index is 0.174. The van der Waals surface area contributed by atoms with Gasteiger partial charge in [-0.2, -0.15) is 0 Å². The largest absolute Gasteiger partial charge is 0.487 e. The van der Waals surface area contributed by atoms with Crippen molar-refractivity contribution in [2.75, 3.05) is 13.2 Å². The topological polar surface area (TPSA) is 90.1 Å². The van der Waals surface area contributed by atoms with E-state index in [4.69, 9.17) is 9.57 Å². The minimum atomic E-state index is -0.189. The van der Waals surface area contributed by atoms with Crippen molar-refractivity contribution in [2.45, 2.75) is 12.5 Å². The van der Waals surface area contributed by atoms with E-state index in [1.807, 2.05) is 6.07 Å². The average molecular weight is 430 g/mol. The lowest BCUT2D eigenvalue weighted by Crippen LogP contribution is -2.30. The number of pyridine rings is 2. The van der Waals surface area contributed by atoms with Crippen molar-refractivity contribution in [3.63, 3.8) is 0 Å². The molecule has 1 amide bonds. The zero-order valence-corrected chi connectivity index (χ0v) is 15.8. The van der Waals surface area contributed by atoms with Crippen molar-refractivity contribution in [1.82, 2.24) is 19.7 Å². The van der Waals surface area contributed by atoms with Crippen molar-refractivity contribution < 1.29 is 14.4 Å². The number of amides is 1. The molecule has 0 fully saturated rings. The first-order valence-corrected chi connectivity index (χ1v) is 9.14. The Kier molecular flexibility index (Phi) is 5.01. The number of carbonyl (C=O) groups excluding carboxylic acids is 1. The lowest BCUT2D eigenvalue weighted by molar-refractivity contribution is 0.0467. The van der Waals surface area contributed by atoms with Crippen LogP contribution in [0.15, 0.2) is 58.8 Å². The monoisotopic (exact) mass is 429 g/mol. The van der Waals surface area contributed by atoms with Gasteiger partial charge in [0.1, 0.15) is 16.9 Å². The molecule has 0 saturated heterocycles. The Morgan fingerprint density at radius 3 is 3.15 bits per heavy atom. The van der Waals surface area contributed by atoms with E-state index in [0.29, 0.717) is 35.5 Å². The van der Waals surface area contributed by atoms with Crippen molar-refractivity contribution >= 4 is 33.2 Å². The molecule has 4 rings (SSSR count). The van der Waals surface area contributed by atoms with Crippen molar-refractivity contribution in [3.05, 3.63) is 59.2 Å². The Bertz CT molecular complexity index is 1000. The second-order valence-electron chi connectivity index (χ2n) is 5.99. The van der Waals surface area contributed by atoms with Gasteiger partial charge < -0.3 is 19.3 Å². The van der Waals surface area contributed by atoms with Crippen LogP contribution >= 0.6 is 15.9 Å². The number of rotatable bonds is 6. The first kappa shape index (κ1) is 17.5. The molecule has 0 radical (unpaired) electrons. The van der Waals surface area contributed by atoms with Crippen LogP contribution in [0.4, 0.5) is 0 Å². The predicted molar refractivity (Wildman–Crippen MR) is 102 cm³/mol. The fourth-order valence-electron chi connectivity index (χ4n) is 2.68. The zero-order chi connectivity index (χ0) is 18.6. The second kappa shape index (κ2) is 7.75. The van der Waals surface area contributed by atoms with Gasteiger partial charge in [0.2, 0.25) is 0 Å². The Balaban J connectivity index is 1.26. The van der Waals surface area contributed by atoms with E-state index < -0.39 is 0 Å². The Morgan fingerprint density at radius 2 is 2.26 bits per heavy atom. The van der Waals surface area contributed by atoms with Gasteiger partial charge in [0.25, 0.3) is 5.91 Å². The molecular weight excluding hydrogens is 414 g/mol. The number of oxime groups is 1. The molecular formula is C18H16BrN5O3. The summed E-state index contributed by atoms with van der Waals surface area (Å²) in [6.07, 6.45) is 7.31. The van der Waals surface area contributed by atoms with Gasteiger partial charge in [-0.1, -0.05) is 5.16 Å². The highest BCUT2D eigenvalue weighted by molar-refractivity contribution is 9.10. The molecule has 1 atom stereocenters. The molecule has 3 aromatic heterocycles. The van der Waals surface area contributed by atoms with E-state index in [9.17, 15) is 4.79 Å². The number of hydrogen-bond donors (Lipinski definition) is 1. The number of ether oxygens (including phenoxy) is 1. The van der Waals surface area contributed by atoms with Gasteiger partial charge in [-0.05, 0) is 40.2 Å². The lowest BCUT2D eigenvalue weighted by atomic mass is 10.2. The van der Waals surface area contributed by atoms with E-state index in [1.54, 1.807) is 47.4 Å². The summed E-state index contributed by atoms with van der Waals surface area (Å²) in [6, 6.07) is 7.17. The standard InChI is InChI=1S/C18H16BrN5O3/c19-17-15(2-1-5-21-17)26-11-14-8-13(23-27-14)9-22-18(25)12-3-4-16-20-6-7-24(16)10-12/h1-7,10,14H,8-9,11H2,(H,22,25). The van der Waals surface area contributed by atoms with Gasteiger partial charge in [0.15, 0.2) is 11.9 Å². The molecule has 138 valence electrons. The zero-order valence-electron chi connectivity index (χ0n) is 14.2. The second-order valence-corrected chi connectivity index (χ2v) is 6.74. The third-order valence-electron chi connectivity index (χ3n) is 4.05. The van der Waals surface area contributed by atoms with Crippen LogP contribution in [0.2, 0.25) is 0 Å². The summed E-state index contributed by atoms with van der Waals surface area (Å²) >= 11 is 3.33. The fraction of sp³-hybridized carbons (Fsp3) is 0.222. The summed E-state index contributed by atoms with van der Waals surface area (Å²) < 4.78 is 8.14. The molecule has 3 aromatic rings. The quantitative estimate of drug-likeness (QED) is 0.607. The Labute approximate surface area is 163 Å². The van der Waals surface area contributed by atoms with Crippen molar-refractivity contribution in [3.8, 4) is 5.75 Å². The van der Waals surface area contributed by atoms with Crippen LogP contribution in [0.1, 0.15) is 16.8 Å². The van der Waals surface area contributed by atoms with Gasteiger partial charge in [0.05, 0.1) is 17.8 Å². The van der Waals surface area contributed by atoms with Crippen LogP contribution in [0.25, 0.3) is 5.65 Å². The summed E-state index contributed by atoms with van der Waals surface area (Å²) in [4.78, 5) is 26.0. The minimum Gasteiger partial charge on any atom is -0.487 e. The number of hydrogen-bond acceptors (Lipinski definition) is 6. The summed E-state index contributed by atoms with van der Waals surface area (Å²) in [7, 11) is 0. The maximum atomic E-state index is 12.3. The van der Waals surface area contributed by atoms with Crippen molar-refractivity contribution in [2.24, 2.45) is 5.16 Å². The van der Waals surface area contributed by atoms with E-state index >= 15 is 0 Å². The molecule has 27 heavy (non-hydrogen) atoms. The van der Waals surface area contributed by atoms with Crippen LogP contribution in [-0.2, 0) is 4.84 Å². The van der Waals surface area contributed by atoms with E-state index in [1.165, 1.54) is 0 Å². The summed E-state index contributed by atoms with van der Waals surface area (Å²) in [6.45, 7) is 0.677. The predicted octanol–water partition coefficient (Wildman–Crippen LogP) is 2.45. The molecule has 0 spiro atoms. The fourth-order valence-corrected chi connectivity index (χ4v) is 3.05. The van der Waals surface area contributed by atoms with E-state index in [-0.39, 0.29) is 12.0 Å². The maximum absolute atomic E-state index is 12.3. The molecule has 0 saturated carbocycles. The number of fused-ring (bicyclic) bond motifs is 1. The van der Waals surface area contributed by atoms with Gasteiger partial charge in [0, 0.05) is 31.2 Å². The van der Waals surface area contributed by atoms with Gasteiger partial charge >= 0.3 is 0 Å². The van der Waals surface area contributed by atoms with Crippen LogP contribution in [0, 0.1) is 0 Å². The highest BCUT2D eigenvalue weighted by Gasteiger charge is 2.22. The number of nitrogens with one attached hydrogen (secondary N) is 1. The number of nitrogens with zero attached hydrogens (tertiary/aromatic N) is 4. The van der Waals surface area contributed by atoms with Crippen LogP contribution < -0.4 is 10.1 Å². The summed E-state index contributed by atoms with van der Waals surface area (Å²) in [5.74, 6) is 0.477. The van der Waals surface area contributed by atoms with Gasteiger partial charge in [-0.25, -0.2) is 9.97 Å². The van der Waals surface area contributed by atoms with Crippen LogP contribution in [-0.4, -0.2) is 45.2 Å². The molecule has 1 unspecified atom stereocenters. The molecule has 1 aliphatic rings. The van der Waals surface area contributed by atoms with E-state index in [0.717, 1.165) is 11.4 Å². The first-order valence-electron chi connectivity index (χ1n) is 8.35. The highest BCUT2D eigenvalue weighted by Crippen LogP contribution is 2.22. The Morgan fingerprint density at radius 1 is 1.33 bits per heavy atom. The molecule has 1 aliphatic heterocycles. The number of halogens is 1. The normalized spacial score (nSPS) is 16.0. The van der Waals surface area contributed by atoms with Crippen LogP contribution in [0.5, 0.6) is 5.75 Å². The number of carbonyl (C=O) groups is 1. The molecule has 8 nitrogen and oxygen atoms in total. The molecule has 1 N–H and O–H groups in total. The maximum Gasteiger partial charge on any atom is 0.253 e. The lowest BCUT2D eigenvalue weighted by Gasteiger charge is -2.11. The smallest absolute Gasteiger partial charge is 0.253 e. The SMILES string of the molecule is O=C(NCC1=NOC(COc2cccnc2Br)C1)c1ccc2nccn2c1. The number of imidazole rings is 1. The van der Waals surface area contributed by atoms with E-state index in [2.05, 4.69) is 36.4 Å². The molecule has 0 bridgehead atoms. The van der Waals surface area contributed by atoms with Crippen molar-refractivity contribution in [1.29, 1.82) is 0 Å². The molecule has 9 heteroatoms. The summed E-state index contributed by atoms with van der Waals surface area (Å²) in [5, 5.41) is 6.90. The van der Waals surface area contributed by atoms with Gasteiger partial charge in [-0.3, -0.25) is 4.79 Å². The Hall–Kier alpha value is -2.94. The third-order valence-corrected chi connectivity index (χ3v) is 4.64. The summed E-state index contributed by atoms with van der Waals surface area (Å²) in [5.41, 5.74) is 2.12. The molecule has 0 aromatic carbocycles. The van der Waals surface area contributed by atoms with Crippen LogP contribution in [0.3, 0.4) is 0 Å². The average Bonchev–Trinajstić information content (AvgIpc) is 3.34. The third kappa shape index (κ3) is 4.08. The molecule has 4 heterocycles. The van der Waals surface area contributed by atoms with Gasteiger partial charge in [-0.15, -0.1) is 0 Å².